The van der Waals surface area contributed by atoms with E-state index in [0.717, 1.165) is 16.7 Å². The molecule has 86 valence electrons. The van der Waals surface area contributed by atoms with Crippen LogP contribution in [0.1, 0.15) is 21.5 Å². The second kappa shape index (κ2) is 4.37. The maximum Gasteiger partial charge on any atom is 0.337 e. The average Bonchev–Trinajstić information content (AvgIpc) is 2.30. The van der Waals surface area contributed by atoms with Gasteiger partial charge in [-0.15, -0.1) is 0 Å². The summed E-state index contributed by atoms with van der Waals surface area (Å²) in [6.07, 6.45) is 1.68. The molecule has 1 aromatic carbocycles. The molecule has 0 saturated heterocycles. The van der Waals surface area contributed by atoms with Crippen molar-refractivity contribution in [2.24, 2.45) is 0 Å². The number of aryl methyl sites for hydroxylation is 2. The van der Waals surface area contributed by atoms with Crippen LogP contribution in [0.3, 0.4) is 0 Å². The van der Waals surface area contributed by atoms with Gasteiger partial charge in [-0.25, -0.2) is 4.79 Å². The molecule has 0 aliphatic heterocycles. The van der Waals surface area contributed by atoms with Gasteiger partial charge in [-0.2, -0.15) is 0 Å². The number of carbonyl (C=O) groups is 1. The Morgan fingerprint density at radius 2 is 1.76 bits per heavy atom. The van der Waals surface area contributed by atoms with Crippen LogP contribution < -0.4 is 0 Å². The fraction of sp³-hybridized carbons (Fsp3) is 0.143. The Labute approximate surface area is 99.8 Å². The van der Waals surface area contributed by atoms with Crippen LogP contribution >= 0.6 is 0 Å². The monoisotopic (exact) mass is 227 g/mol. The fourth-order valence-electron chi connectivity index (χ4n) is 1.67. The first-order valence-corrected chi connectivity index (χ1v) is 5.35. The zero-order valence-corrected chi connectivity index (χ0v) is 9.77. The molecule has 0 atom stereocenters. The molecule has 0 unspecified atom stereocenters. The van der Waals surface area contributed by atoms with Crippen molar-refractivity contribution in [2.45, 2.75) is 13.8 Å². The van der Waals surface area contributed by atoms with Crippen molar-refractivity contribution in [3.63, 3.8) is 0 Å². The lowest BCUT2D eigenvalue weighted by atomic mass is 10.0. The van der Waals surface area contributed by atoms with E-state index in [4.69, 9.17) is 5.11 Å². The van der Waals surface area contributed by atoms with Crippen molar-refractivity contribution >= 4 is 5.97 Å². The van der Waals surface area contributed by atoms with Crippen LogP contribution in [0, 0.1) is 13.8 Å². The minimum atomic E-state index is -0.947. The van der Waals surface area contributed by atoms with Gasteiger partial charge < -0.3 is 5.11 Å². The Hall–Kier alpha value is -2.16. The summed E-state index contributed by atoms with van der Waals surface area (Å²) in [5.41, 5.74) is 3.57. The average molecular weight is 227 g/mol. The largest absolute Gasteiger partial charge is 0.478 e. The number of hydrogen-bond donors (Lipinski definition) is 1. The molecule has 0 amide bonds. The molecular formula is C14H13NO2. The highest BCUT2D eigenvalue weighted by molar-refractivity contribution is 5.94. The third-order valence-corrected chi connectivity index (χ3v) is 2.58. The van der Waals surface area contributed by atoms with Gasteiger partial charge in [0.1, 0.15) is 0 Å². The van der Waals surface area contributed by atoms with Crippen LogP contribution in [-0.2, 0) is 0 Å². The molecular weight excluding hydrogens is 214 g/mol. The number of aromatic carboxylic acids is 1. The van der Waals surface area contributed by atoms with Gasteiger partial charge in [0.2, 0.25) is 0 Å². The van der Waals surface area contributed by atoms with Crippen LogP contribution in [0.2, 0.25) is 0 Å². The van der Waals surface area contributed by atoms with Gasteiger partial charge in [0, 0.05) is 11.8 Å². The first kappa shape index (κ1) is 11.3. The number of rotatable bonds is 2. The van der Waals surface area contributed by atoms with E-state index in [9.17, 15) is 4.79 Å². The summed E-state index contributed by atoms with van der Waals surface area (Å²) in [5.74, 6) is -0.947. The first-order valence-electron chi connectivity index (χ1n) is 5.35. The smallest absolute Gasteiger partial charge is 0.337 e. The molecule has 2 rings (SSSR count). The lowest BCUT2D eigenvalue weighted by Crippen LogP contribution is -2.02. The van der Waals surface area contributed by atoms with E-state index in [0.29, 0.717) is 5.69 Å². The molecule has 0 spiro atoms. The number of carboxylic acids is 1. The summed E-state index contributed by atoms with van der Waals surface area (Å²) in [7, 11) is 0. The van der Waals surface area contributed by atoms with Gasteiger partial charge in [0.05, 0.1) is 11.3 Å². The Kier molecular flexibility index (Phi) is 2.91. The summed E-state index contributed by atoms with van der Waals surface area (Å²) in [4.78, 5) is 15.4. The minimum Gasteiger partial charge on any atom is -0.478 e. The van der Waals surface area contributed by atoms with Crippen LogP contribution in [0.4, 0.5) is 0 Å². The number of benzene rings is 1. The summed E-state index contributed by atoms with van der Waals surface area (Å²) in [5, 5.41) is 9.17. The van der Waals surface area contributed by atoms with E-state index in [1.54, 1.807) is 12.3 Å². The molecule has 3 heteroatoms. The van der Waals surface area contributed by atoms with E-state index < -0.39 is 5.97 Å². The Balaban J connectivity index is 2.58. The van der Waals surface area contributed by atoms with Crippen LogP contribution in [0.25, 0.3) is 11.3 Å². The van der Waals surface area contributed by atoms with E-state index in [-0.39, 0.29) is 5.56 Å². The topological polar surface area (TPSA) is 50.2 Å². The maximum atomic E-state index is 11.2. The molecule has 2 aromatic rings. The van der Waals surface area contributed by atoms with Crippen molar-refractivity contribution in [1.82, 2.24) is 4.98 Å². The predicted molar refractivity (Wildman–Crippen MR) is 66.1 cm³/mol. The molecule has 1 heterocycles. The normalized spacial score (nSPS) is 10.2. The summed E-state index contributed by atoms with van der Waals surface area (Å²) in [6.45, 7) is 3.82. The molecule has 0 bridgehead atoms. The van der Waals surface area contributed by atoms with Crippen molar-refractivity contribution in [3.8, 4) is 11.3 Å². The molecule has 0 aliphatic rings. The summed E-state index contributed by atoms with van der Waals surface area (Å²) >= 11 is 0. The van der Waals surface area contributed by atoms with Gasteiger partial charge in [0.15, 0.2) is 0 Å². The van der Waals surface area contributed by atoms with Crippen LogP contribution in [-0.4, -0.2) is 16.1 Å². The second-order valence-corrected chi connectivity index (χ2v) is 4.08. The molecule has 0 aliphatic carbocycles. The fourth-order valence-corrected chi connectivity index (χ4v) is 1.67. The van der Waals surface area contributed by atoms with Crippen molar-refractivity contribution in [2.75, 3.05) is 0 Å². The quantitative estimate of drug-likeness (QED) is 0.857. The lowest BCUT2D eigenvalue weighted by molar-refractivity contribution is 0.0697. The van der Waals surface area contributed by atoms with Crippen LogP contribution in [0.5, 0.6) is 0 Å². The lowest BCUT2D eigenvalue weighted by Gasteiger charge is -2.06. The minimum absolute atomic E-state index is 0.244. The molecule has 0 saturated carbocycles. The molecule has 17 heavy (non-hydrogen) atoms. The third kappa shape index (κ3) is 2.33. The number of aromatic nitrogens is 1. The Bertz CT molecular complexity index is 559. The second-order valence-electron chi connectivity index (χ2n) is 4.08. The molecule has 1 aromatic heterocycles. The third-order valence-electron chi connectivity index (χ3n) is 2.58. The van der Waals surface area contributed by atoms with Gasteiger partial charge >= 0.3 is 5.97 Å². The highest BCUT2D eigenvalue weighted by Gasteiger charge is 2.13. The maximum absolute atomic E-state index is 11.2. The molecule has 0 fully saturated rings. The van der Waals surface area contributed by atoms with Crippen molar-refractivity contribution < 1.29 is 9.90 Å². The highest BCUT2D eigenvalue weighted by atomic mass is 16.4. The molecule has 3 nitrogen and oxygen atoms in total. The number of nitrogens with zero attached hydrogens (tertiary/aromatic N) is 1. The highest BCUT2D eigenvalue weighted by Crippen LogP contribution is 2.22. The summed E-state index contributed by atoms with van der Waals surface area (Å²) in [6, 6.07) is 9.31. The van der Waals surface area contributed by atoms with E-state index in [1.807, 2.05) is 38.1 Å². The number of pyridine rings is 1. The number of carboxylic acid groups (broad SMARTS) is 1. The van der Waals surface area contributed by atoms with Gasteiger partial charge in [-0.1, -0.05) is 29.8 Å². The van der Waals surface area contributed by atoms with E-state index in [2.05, 4.69) is 4.98 Å². The zero-order chi connectivity index (χ0) is 12.4. The zero-order valence-electron chi connectivity index (χ0n) is 9.77. The SMILES string of the molecule is Cc1ccc(-c2ncc(C)cc2C(=O)O)cc1. The predicted octanol–water partition coefficient (Wildman–Crippen LogP) is 3.06. The van der Waals surface area contributed by atoms with Crippen molar-refractivity contribution in [1.29, 1.82) is 0 Å². The van der Waals surface area contributed by atoms with Crippen molar-refractivity contribution in [3.05, 3.63) is 53.2 Å². The molecule has 0 radical (unpaired) electrons. The standard InChI is InChI=1S/C14H13NO2/c1-9-3-5-11(6-4-9)13-12(14(16)17)7-10(2)8-15-13/h3-8H,1-2H3,(H,16,17). The molecule has 1 N–H and O–H groups in total. The van der Waals surface area contributed by atoms with Gasteiger partial charge in [-0.05, 0) is 25.5 Å². The number of hydrogen-bond acceptors (Lipinski definition) is 2. The van der Waals surface area contributed by atoms with E-state index >= 15 is 0 Å². The van der Waals surface area contributed by atoms with Crippen LogP contribution in [0.15, 0.2) is 36.5 Å². The van der Waals surface area contributed by atoms with E-state index in [1.165, 1.54) is 0 Å². The first-order chi connectivity index (χ1) is 8.08. The van der Waals surface area contributed by atoms with Gasteiger partial charge in [0.25, 0.3) is 0 Å². The van der Waals surface area contributed by atoms with Gasteiger partial charge in [-0.3, -0.25) is 4.98 Å². The summed E-state index contributed by atoms with van der Waals surface area (Å²) < 4.78 is 0. The Morgan fingerprint density at radius 1 is 1.12 bits per heavy atom. The Morgan fingerprint density at radius 3 is 2.35 bits per heavy atom.